The van der Waals surface area contributed by atoms with Crippen LogP contribution >= 0.6 is 0 Å². The van der Waals surface area contributed by atoms with E-state index in [1.165, 1.54) is 0 Å². The lowest BCUT2D eigenvalue weighted by Crippen LogP contribution is -2.08. The molecule has 7 heteroatoms. The first-order chi connectivity index (χ1) is 10.0. The van der Waals surface area contributed by atoms with Crippen molar-refractivity contribution in [2.45, 2.75) is 39.0 Å². The lowest BCUT2D eigenvalue weighted by molar-refractivity contribution is -0.136. The lowest BCUT2D eigenvalue weighted by atomic mass is 10.0. The third kappa shape index (κ3) is 4.55. The van der Waals surface area contributed by atoms with Crippen LogP contribution in [0.3, 0.4) is 0 Å². The van der Waals surface area contributed by atoms with Crippen LogP contribution < -0.4 is 0 Å². The van der Waals surface area contributed by atoms with Crippen molar-refractivity contribution in [3.05, 3.63) is 41.2 Å². The summed E-state index contributed by atoms with van der Waals surface area (Å²) in [6.45, 7) is 3.77. The smallest absolute Gasteiger partial charge is 0.303 e. The molecule has 0 aromatic carbocycles. The molecule has 1 N–H and O–H groups in total. The zero-order valence-electron chi connectivity index (χ0n) is 12.0. The number of carboxylic acid groups (broad SMARTS) is 1. The molecule has 0 spiro atoms. The van der Waals surface area contributed by atoms with Gasteiger partial charge in [-0.05, 0) is 25.0 Å². The first kappa shape index (κ1) is 15.0. The SMILES string of the molecule is Cc1nnc(CC(C)c2ccc(CCC(=O)O)cn2)nn1. The van der Waals surface area contributed by atoms with Gasteiger partial charge in [-0.2, -0.15) is 0 Å². The van der Waals surface area contributed by atoms with Crippen LogP contribution in [0.4, 0.5) is 0 Å². The van der Waals surface area contributed by atoms with Gasteiger partial charge >= 0.3 is 5.97 Å². The summed E-state index contributed by atoms with van der Waals surface area (Å²) >= 11 is 0. The monoisotopic (exact) mass is 287 g/mol. The minimum atomic E-state index is -0.802. The fourth-order valence-corrected chi connectivity index (χ4v) is 1.89. The van der Waals surface area contributed by atoms with Crippen LogP contribution in [0.25, 0.3) is 0 Å². The van der Waals surface area contributed by atoms with Gasteiger partial charge in [0.05, 0.1) is 0 Å². The number of hydrogen-bond donors (Lipinski definition) is 1. The fourth-order valence-electron chi connectivity index (χ4n) is 1.89. The Morgan fingerprint density at radius 1 is 1.24 bits per heavy atom. The standard InChI is InChI=1S/C14H17N5O2/c1-9(7-13-18-16-10(2)17-19-13)12-5-3-11(8-15-12)4-6-14(20)21/h3,5,8-9H,4,6-7H2,1-2H3,(H,20,21). The molecule has 0 saturated heterocycles. The second-order valence-corrected chi connectivity index (χ2v) is 4.95. The van der Waals surface area contributed by atoms with Crippen molar-refractivity contribution >= 4 is 5.97 Å². The molecule has 2 rings (SSSR count). The van der Waals surface area contributed by atoms with Gasteiger partial charge in [0.25, 0.3) is 0 Å². The lowest BCUT2D eigenvalue weighted by Gasteiger charge is -2.09. The van der Waals surface area contributed by atoms with Crippen LogP contribution in [0.1, 0.15) is 42.2 Å². The number of carboxylic acids is 1. The highest BCUT2D eigenvalue weighted by atomic mass is 16.4. The number of aliphatic carboxylic acids is 1. The zero-order chi connectivity index (χ0) is 15.2. The molecule has 0 aliphatic rings. The summed E-state index contributed by atoms with van der Waals surface area (Å²) in [6.07, 6.45) is 2.94. The molecule has 0 saturated carbocycles. The molecule has 1 unspecified atom stereocenters. The number of rotatable bonds is 6. The second kappa shape index (κ2) is 6.83. The van der Waals surface area contributed by atoms with E-state index in [0.29, 0.717) is 24.5 Å². The number of carbonyl (C=O) groups is 1. The summed E-state index contributed by atoms with van der Waals surface area (Å²) in [6, 6.07) is 3.82. The number of aryl methyl sites for hydroxylation is 2. The average molecular weight is 287 g/mol. The molecular formula is C14H17N5O2. The quantitative estimate of drug-likeness (QED) is 0.855. The van der Waals surface area contributed by atoms with Gasteiger partial charge in [-0.15, -0.1) is 20.4 Å². The van der Waals surface area contributed by atoms with Crippen LogP contribution in [0, 0.1) is 6.92 Å². The number of pyridine rings is 1. The molecule has 2 heterocycles. The highest BCUT2D eigenvalue weighted by molar-refractivity contribution is 5.67. The molecule has 1 atom stereocenters. The van der Waals surface area contributed by atoms with E-state index in [-0.39, 0.29) is 12.3 Å². The first-order valence-electron chi connectivity index (χ1n) is 6.74. The number of aromatic nitrogens is 5. The van der Waals surface area contributed by atoms with Crippen molar-refractivity contribution in [1.29, 1.82) is 0 Å². The van der Waals surface area contributed by atoms with E-state index in [1.807, 2.05) is 19.1 Å². The van der Waals surface area contributed by atoms with Crippen molar-refractivity contribution in [1.82, 2.24) is 25.4 Å². The third-order valence-corrected chi connectivity index (χ3v) is 3.09. The molecule has 0 bridgehead atoms. The first-order valence-corrected chi connectivity index (χ1v) is 6.74. The van der Waals surface area contributed by atoms with Gasteiger partial charge in [0.1, 0.15) is 0 Å². The molecular weight excluding hydrogens is 270 g/mol. The van der Waals surface area contributed by atoms with Gasteiger partial charge in [0.15, 0.2) is 11.6 Å². The van der Waals surface area contributed by atoms with Crippen LogP contribution in [-0.4, -0.2) is 36.5 Å². The largest absolute Gasteiger partial charge is 0.481 e. The van der Waals surface area contributed by atoms with Crippen LogP contribution in [0.5, 0.6) is 0 Å². The Hall–Kier alpha value is -2.44. The summed E-state index contributed by atoms with van der Waals surface area (Å²) in [5.41, 5.74) is 1.83. The minimum Gasteiger partial charge on any atom is -0.481 e. The van der Waals surface area contributed by atoms with Crippen molar-refractivity contribution in [2.75, 3.05) is 0 Å². The van der Waals surface area contributed by atoms with E-state index < -0.39 is 5.97 Å². The summed E-state index contributed by atoms with van der Waals surface area (Å²) in [4.78, 5) is 14.9. The molecule has 0 radical (unpaired) electrons. The van der Waals surface area contributed by atoms with Crippen molar-refractivity contribution in [3.8, 4) is 0 Å². The number of nitrogens with zero attached hydrogens (tertiary/aromatic N) is 5. The summed E-state index contributed by atoms with van der Waals surface area (Å²) in [5, 5.41) is 24.4. The Bertz CT molecular complexity index is 598. The Morgan fingerprint density at radius 2 is 1.95 bits per heavy atom. The van der Waals surface area contributed by atoms with Gasteiger partial charge in [-0.3, -0.25) is 9.78 Å². The van der Waals surface area contributed by atoms with Crippen LogP contribution in [0.2, 0.25) is 0 Å². The Balaban J connectivity index is 1.97. The van der Waals surface area contributed by atoms with E-state index in [4.69, 9.17) is 5.11 Å². The molecule has 0 aliphatic heterocycles. The predicted molar refractivity (Wildman–Crippen MR) is 74.7 cm³/mol. The molecule has 21 heavy (non-hydrogen) atoms. The van der Waals surface area contributed by atoms with E-state index in [9.17, 15) is 4.79 Å². The molecule has 2 aromatic rings. The Kier molecular flexibility index (Phi) is 4.86. The van der Waals surface area contributed by atoms with E-state index in [2.05, 4.69) is 25.4 Å². The predicted octanol–water partition coefficient (Wildman–Crippen LogP) is 1.33. The highest BCUT2D eigenvalue weighted by Gasteiger charge is 2.11. The third-order valence-electron chi connectivity index (χ3n) is 3.09. The summed E-state index contributed by atoms with van der Waals surface area (Å²) in [5.74, 6) is 0.478. The molecule has 7 nitrogen and oxygen atoms in total. The summed E-state index contributed by atoms with van der Waals surface area (Å²) in [7, 11) is 0. The normalized spacial score (nSPS) is 12.1. The maximum atomic E-state index is 10.5. The highest BCUT2D eigenvalue weighted by Crippen LogP contribution is 2.16. The zero-order valence-corrected chi connectivity index (χ0v) is 12.0. The van der Waals surface area contributed by atoms with Crippen molar-refractivity contribution < 1.29 is 9.90 Å². The topological polar surface area (TPSA) is 102 Å². The Labute approximate surface area is 122 Å². The molecule has 0 aliphatic carbocycles. The fraction of sp³-hybridized carbons (Fsp3) is 0.429. The van der Waals surface area contributed by atoms with Gasteiger partial charge in [-0.1, -0.05) is 13.0 Å². The molecule has 110 valence electrons. The Morgan fingerprint density at radius 3 is 2.52 bits per heavy atom. The van der Waals surface area contributed by atoms with Gasteiger partial charge < -0.3 is 5.11 Å². The second-order valence-electron chi connectivity index (χ2n) is 4.95. The van der Waals surface area contributed by atoms with Gasteiger partial charge in [-0.25, -0.2) is 0 Å². The van der Waals surface area contributed by atoms with E-state index >= 15 is 0 Å². The summed E-state index contributed by atoms with van der Waals surface area (Å²) < 4.78 is 0. The van der Waals surface area contributed by atoms with E-state index in [0.717, 1.165) is 11.3 Å². The minimum absolute atomic E-state index is 0.116. The maximum Gasteiger partial charge on any atom is 0.303 e. The molecule has 0 amide bonds. The maximum absolute atomic E-state index is 10.5. The number of hydrogen-bond acceptors (Lipinski definition) is 6. The van der Waals surface area contributed by atoms with Crippen molar-refractivity contribution in [3.63, 3.8) is 0 Å². The molecule has 2 aromatic heterocycles. The van der Waals surface area contributed by atoms with Crippen LogP contribution in [0.15, 0.2) is 18.3 Å². The average Bonchev–Trinajstić information content (AvgIpc) is 2.48. The van der Waals surface area contributed by atoms with Gasteiger partial charge in [0, 0.05) is 30.7 Å². The van der Waals surface area contributed by atoms with Crippen molar-refractivity contribution in [2.24, 2.45) is 0 Å². The van der Waals surface area contributed by atoms with Crippen LogP contribution in [-0.2, 0) is 17.6 Å². The molecule has 0 fully saturated rings. The van der Waals surface area contributed by atoms with E-state index in [1.54, 1.807) is 13.1 Å². The van der Waals surface area contributed by atoms with Gasteiger partial charge in [0.2, 0.25) is 0 Å².